The summed E-state index contributed by atoms with van der Waals surface area (Å²) in [6.07, 6.45) is 0. The van der Waals surface area contributed by atoms with Crippen LogP contribution in [0.2, 0.25) is 0 Å². The van der Waals surface area contributed by atoms with Crippen LogP contribution in [0, 0.1) is 0 Å². The molecule has 0 atom stereocenters. The van der Waals surface area contributed by atoms with Crippen LogP contribution in [0.1, 0.15) is 35.7 Å². The number of ether oxygens (including phenoxy) is 3. The number of hydrogen-bond donors (Lipinski definition) is 0. The van der Waals surface area contributed by atoms with Crippen LogP contribution in [0.25, 0.3) is 0 Å². The maximum Gasteiger partial charge on any atom is 0.343 e. The largest absolute Gasteiger partial charge is 0.490 e. The molecule has 0 aromatic heterocycles. The van der Waals surface area contributed by atoms with Gasteiger partial charge < -0.3 is 14.2 Å². The minimum atomic E-state index is -0.395. The summed E-state index contributed by atoms with van der Waals surface area (Å²) in [6, 6.07) is 22.1. The lowest BCUT2D eigenvalue weighted by molar-refractivity contribution is 0.0732. The fourth-order valence-corrected chi connectivity index (χ4v) is 3.12. The molecule has 0 unspecified atom stereocenters. The summed E-state index contributed by atoms with van der Waals surface area (Å²) in [5.41, 5.74) is 1.45. The van der Waals surface area contributed by atoms with Gasteiger partial charge in [-0.25, -0.2) is 4.79 Å². The maximum atomic E-state index is 12.5. The molecule has 3 rings (SSSR count). The molecule has 4 nitrogen and oxygen atoms in total. The predicted octanol–water partition coefficient (Wildman–Crippen LogP) is 6.25. The van der Waals surface area contributed by atoms with Crippen molar-refractivity contribution < 1.29 is 19.0 Å². The molecule has 0 amide bonds. The summed E-state index contributed by atoms with van der Waals surface area (Å²) in [5, 5.41) is 0. The number of benzene rings is 3. The fourth-order valence-electron chi connectivity index (χ4n) is 2.75. The third-order valence-electron chi connectivity index (χ3n) is 4.25. The number of carbonyl (C=O) groups excluding carboxylic acids is 1. The predicted molar refractivity (Wildman–Crippen MR) is 117 cm³/mol. The van der Waals surface area contributed by atoms with E-state index in [4.69, 9.17) is 14.2 Å². The van der Waals surface area contributed by atoms with Crippen molar-refractivity contribution in [1.82, 2.24) is 0 Å². The summed E-state index contributed by atoms with van der Waals surface area (Å²) in [6.45, 7) is 4.98. The van der Waals surface area contributed by atoms with Crippen LogP contribution in [0.3, 0.4) is 0 Å². The molecular formula is C24H23BrO4. The summed E-state index contributed by atoms with van der Waals surface area (Å²) in [5.74, 6) is 1.90. The highest BCUT2D eigenvalue weighted by Gasteiger charge is 2.14. The lowest BCUT2D eigenvalue weighted by Gasteiger charge is -2.13. The number of carbonyl (C=O) groups is 1. The van der Waals surface area contributed by atoms with Gasteiger partial charge in [0.15, 0.2) is 0 Å². The zero-order chi connectivity index (χ0) is 20.6. The van der Waals surface area contributed by atoms with Gasteiger partial charge in [0, 0.05) is 4.47 Å². The molecule has 3 aromatic carbocycles. The van der Waals surface area contributed by atoms with Crippen molar-refractivity contribution in [3.63, 3.8) is 0 Å². The Morgan fingerprint density at radius 2 is 1.48 bits per heavy atom. The monoisotopic (exact) mass is 454 g/mol. The first-order chi connectivity index (χ1) is 14.0. The van der Waals surface area contributed by atoms with Gasteiger partial charge in [-0.15, -0.1) is 0 Å². The van der Waals surface area contributed by atoms with E-state index < -0.39 is 5.97 Å². The second-order valence-corrected chi connectivity index (χ2v) is 7.68. The standard InChI is InChI=1S/C24H23BrO4/c1-17(2)22-16-19(25)10-13-23(22)29-24(26)18-8-11-21(12-9-18)28-15-14-27-20-6-4-3-5-7-20/h3-13,16-17H,14-15H2,1-2H3. The molecule has 0 N–H and O–H groups in total. The molecule has 0 fully saturated rings. The molecule has 0 aliphatic rings. The minimum Gasteiger partial charge on any atom is -0.490 e. The summed E-state index contributed by atoms with van der Waals surface area (Å²) in [7, 11) is 0. The average molecular weight is 455 g/mol. The molecular weight excluding hydrogens is 432 g/mol. The Bertz CT molecular complexity index is 937. The normalized spacial score (nSPS) is 10.6. The van der Waals surface area contributed by atoms with E-state index in [1.54, 1.807) is 24.3 Å². The zero-order valence-corrected chi connectivity index (χ0v) is 18.0. The Labute approximate surface area is 179 Å². The molecule has 0 spiro atoms. The Balaban J connectivity index is 1.54. The van der Waals surface area contributed by atoms with Crippen LogP contribution in [-0.2, 0) is 0 Å². The molecule has 29 heavy (non-hydrogen) atoms. The molecule has 0 aliphatic carbocycles. The van der Waals surface area contributed by atoms with Gasteiger partial charge in [-0.2, -0.15) is 0 Å². The molecule has 0 bridgehead atoms. The average Bonchev–Trinajstić information content (AvgIpc) is 2.73. The second kappa shape index (κ2) is 10.1. The molecule has 0 radical (unpaired) electrons. The SMILES string of the molecule is CC(C)c1cc(Br)ccc1OC(=O)c1ccc(OCCOc2ccccc2)cc1. The van der Waals surface area contributed by atoms with Crippen LogP contribution in [0.5, 0.6) is 17.2 Å². The molecule has 0 saturated heterocycles. The van der Waals surface area contributed by atoms with Gasteiger partial charge in [0.1, 0.15) is 30.5 Å². The van der Waals surface area contributed by atoms with E-state index in [2.05, 4.69) is 29.8 Å². The van der Waals surface area contributed by atoms with E-state index in [1.807, 2.05) is 48.5 Å². The van der Waals surface area contributed by atoms with E-state index in [1.165, 1.54) is 0 Å². The first-order valence-electron chi connectivity index (χ1n) is 9.45. The highest BCUT2D eigenvalue weighted by Crippen LogP contribution is 2.30. The van der Waals surface area contributed by atoms with E-state index in [-0.39, 0.29) is 5.92 Å². The van der Waals surface area contributed by atoms with Crippen LogP contribution >= 0.6 is 15.9 Å². The Morgan fingerprint density at radius 3 is 2.10 bits per heavy atom. The van der Waals surface area contributed by atoms with Crippen molar-refractivity contribution in [3.05, 3.63) is 88.4 Å². The quantitative estimate of drug-likeness (QED) is 0.229. The van der Waals surface area contributed by atoms with Gasteiger partial charge >= 0.3 is 5.97 Å². The van der Waals surface area contributed by atoms with Gasteiger partial charge in [0.2, 0.25) is 0 Å². The van der Waals surface area contributed by atoms with E-state index >= 15 is 0 Å². The van der Waals surface area contributed by atoms with Crippen molar-refractivity contribution in [2.45, 2.75) is 19.8 Å². The number of para-hydroxylation sites is 1. The lowest BCUT2D eigenvalue weighted by Crippen LogP contribution is -2.11. The van der Waals surface area contributed by atoms with Crippen molar-refractivity contribution >= 4 is 21.9 Å². The van der Waals surface area contributed by atoms with Gasteiger partial charge in [-0.3, -0.25) is 0 Å². The lowest BCUT2D eigenvalue weighted by atomic mass is 10.0. The van der Waals surface area contributed by atoms with Crippen LogP contribution in [0.4, 0.5) is 0 Å². The Kier molecular flexibility index (Phi) is 7.30. The first kappa shape index (κ1) is 20.9. The first-order valence-corrected chi connectivity index (χ1v) is 10.2. The van der Waals surface area contributed by atoms with Crippen molar-refractivity contribution in [3.8, 4) is 17.2 Å². The highest BCUT2D eigenvalue weighted by molar-refractivity contribution is 9.10. The van der Waals surface area contributed by atoms with Gasteiger partial charge in [0.25, 0.3) is 0 Å². The third-order valence-corrected chi connectivity index (χ3v) is 4.74. The van der Waals surface area contributed by atoms with Crippen LogP contribution < -0.4 is 14.2 Å². The van der Waals surface area contributed by atoms with Gasteiger partial charge in [-0.1, -0.05) is 48.0 Å². The topological polar surface area (TPSA) is 44.8 Å². The maximum absolute atomic E-state index is 12.5. The number of esters is 1. The van der Waals surface area contributed by atoms with Crippen LogP contribution in [-0.4, -0.2) is 19.2 Å². The Hall–Kier alpha value is -2.79. The van der Waals surface area contributed by atoms with E-state index in [0.717, 1.165) is 15.8 Å². The third kappa shape index (κ3) is 6.09. The molecule has 0 aliphatic heterocycles. The molecule has 3 aromatic rings. The van der Waals surface area contributed by atoms with Gasteiger partial charge in [-0.05, 0) is 66.1 Å². The zero-order valence-electron chi connectivity index (χ0n) is 16.4. The van der Waals surface area contributed by atoms with E-state index in [9.17, 15) is 4.79 Å². The molecule has 0 heterocycles. The summed E-state index contributed by atoms with van der Waals surface area (Å²) in [4.78, 5) is 12.5. The van der Waals surface area contributed by atoms with Crippen LogP contribution in [0.15, 0.2) is 77.3 Å². The fraction of sp³-hybridized carbons (Fsp3) is 0.208. The van der Waals surface area contributed by atoms with Gasteiger partial charge in [0.05, 0.1) is 5.56 Å². The van der Waals surface area contributed by atoms with E-state index in [0.29, 0.717) is 30.3 Å². The number of hydrogen-bond acceptors (Lipinski definition) is 4. The highest BCUT2D eigenvalue weighted by atomic mass is 79.9. The minimum absolute atomic E-state index is 0.240. The number of rotatable bonds is 8. The smallest absolute Gasteiger partial charge is 0.343 e. The summed E-state index contributed by atoms with van der Waals surface area (Å²) < 4.78 is 17.8. The molecule has 150 valence electrons. The van der Waals surface area contributed by atoms with Crippen molar-refractivity contribution in [1.29, 1.82) is 0 Å². The van der Waals surface area contributed by atoms with Crippen molar-refractivity contribution in [2.24, 2.45) is 0 Å². The Morgan fingerprint density at radius 1 is 0.862 bits per heavy atom. The van der Waals surface area contributed by atoms with Crippen molar-refractivity contribution in [2.75, 3.05) is 13.2 Å². The molecule has 5 heteroatoms. The summed E-state index contributed by atoms with van der Waals surface area (Å²) >= 11 is 3.46. The second-order valence-electron chi connectivity index (χ2n) is 6.76. The molecule has 0 saturated carbocycles. The number of halogens is 1.